The molecular weight excluding hydrogens is 296 g/mol. The number of carbonyl (C=O) groups excluding carboxylic acids is 2. The number of halogens is 1. The van der Waals surface area contributed by atoms with Gasteiger partial charge in [0.25, 0.3) is 0 Å². The van der Waals surface area contributed by atoms with Crippen molar-refractivity contribution in [2.45, 2.75) is 19.9 Å². The van der Waals surface area contributed by atoms with Crippen LogP contribution in [0.25, 0.3) is 0 Å². The van der Waals surface area contributed by atoms with Gasteiger partial charge in [-0.3, -0.25) is 14.5 Å². The molecule has 0 saturated heterocycles. The summed E-state index contributed by atoms with van der Waals surface area (Å²) in [7, 11) is 0. The molecule has 1 aliphatic heterocycles. The Bertz CT molecular complexity index is 615. The molecule has 7 heteroatoms. The van der Waals surface area contributed by atoms with Gasteiger partial charge in [0.15, 0.2) is 0 Å². The zero-order chi connectivity index (χ0) is 15.7. The Labute approximate surface area is 126 Å². The first-order valence-electron chi connectivity index (χ1n) is 6.42. The first-order valence-corrected chi connectivity index (χ1v) is 6.96. The van der Waals surface area contributed by atoms with Gasteiger partial charge < -0.3 is 10.0 Å². The van der Waals surface area contributed by atoms with Gasteiger partial charge in [-0.1, -0.05) is 0 Å². The SMILES string of the molecule is CC(C)N1C(=O)CN(C(=O)CCl)c2cc(C(=O)O)ccc21. The van der Waals surface area contributed by atoms with Gasteiger partial charge in [-0.15, -0.1) is 11.6 Å². The second kappa shape index (κ2) is 5.73. The van der Waals surface area contributed by atoms with Crippen LogP contribution in [-0.4, -0.2) is 41.4 Å². The van der Waals surface area contributed by atoms with Crippen LogP contribution >= 0.6 is 11.6 Å². The Hall–Kier alpha value is -2.08. The maximum Gasteiger partial charge on any atom is 0.335 e. The highest BCUT2D eigenvalue weighted by molar-refractivity contribution is 6.30. The fraction of sp³-hybridized carbons (Fsp3) is 0.357. The van der Waals surface area contributed by atoms with Gasteiger partial charge in [0, 0.05) is 6.04 Å². The van der Waals surface area contributed by atoms with Crippen LogP contribution in [0.5, 0.6) is 0 Å². The first kappa shape index (κ1) is 15.3. The normalized spacial score (nSPS) is 14.4. The van der Waals surface area contributed by atoms with E-state index >= 15 is 0 Å². The summed E-state index contributed by atoms with van der Waals surface area (Å²) in [5.74, 6) is -2.02. The van der Waals surface area contributed by atoms with E-state index < -0.39 is 11.9 Å². The molecule has 2 rings (SSSR count). The minimum Gasteiger partial charge on any atom is -0.478 e. The summed E-state index contributed by atoms with van der Waals surface area (Å²) < 4.78 is 0. The quantitative estimate of drug-likeness (QED) is 0.862. The number of nitrogens with zero attached hydrogens (tertiary/aromatic N) is 2. The molecule has 1 heterocycles. The zero-order valence-electron chi connectivity index (χ0n) is 11.7. The number of carboxylic acid groups (broad SMARTS) is 1. The molecule has 0 spiro atoms. The lowest BCUT2D eigenvalue weighted by Gasteiger charge is -2.38. The van der Waals surface area contributed by atoms with Gasteiger partial charge in [0.1, 0.15) is 12.4 Å². The van der Waals surface area contributed by atoms with E-state index in [2.05, 4.69) is 0 Å². The van der Waals surface area contributed by atoms with Crippen LogP contribution in [0, 0.1) is 0 Å². The van der Waals surface area contributed by atoms with E-state index in [4.69, 9.17) is 16.7 Å². The number of hydrogen-bond acceptors (Lipinski definition) is 3. The first-order chi connectivity index (χ1) is 9.86. The van der Waals surface area contributed by atoms with Crippen molar-refractivity contribution >= 4 is 40.8 Å². The fourth-order valence-corrected chi connectivity index (χ4v) is 2.51. The second-order valence-corrected chi connectivity index (χ2v) is 5.25. The lowest BCUT2D eigenvalue weighted by atomic mass is 10.1. The molecule has 0 saturated carbocycles. The number of rotatable bonds is 3. The third-order valence-electron chi connectivity index (χ3n) is 3.27. The van der Waals surface area contributed by atoms with Crippen LogP contribution in [0.3, 0.4) is 0 Å². The van der Waals surface area contributed by atoms with Crippen molar-refractivity contribution in [1.29, 1.82) is 0 Å². The monoisotopic (exact) mass is 310 g/mol. The van der Waals surface area contributed by atoms with Gasteiger partial charge in [-0.05, 0) is 32.0 Å². The van der Waals surface area contributed by atoms with Crippen molar-refractivity contribution < 1.29 is 19.5 Å². The Morgan fingerprint density at radius 1 is 1.33 bits per heavy atom. The van der Waals surface area contributed by atoms with Crippen molar-refractivity contribution in [3.8, 4) is 0 Å². The predicted molar refractivity (Wildman–Crippen MR) is 79.1 cm³/mol. The van der Waals surface area contributed by atoms with Crippen LogP contribution in [0.4, 0.5) is 11.4 Å². The summed E-state index contributed by atoms with van der Waals surface area (Å²) in [6.07, 6.45) is 0. The van der Waals surface area contributed by atoms with Crippen LogP contribution < -0.4 is 9.80 Å². The standard InChI is InChI=1S/C14H15ClN2O4/c1-8(2)17-10-4-3-9(14(20)21)5-11(10)16(7-13(17)19)12(18)6-15/h3-5,8H,6-7H2,1-2H3,(H,20,21). The minimum absolute atomic E-state index is 0.0548. The van der Waals surface area contributed by atoms with Gasteiger partial charge in [-0.25, -0.2) is 4.79 Å². The highest BCUT2D eigenvalue weighted by atomic mass is 35.5. The molecule has 0 aromatic heterocycles. The maximum atomic E-state index is 12.2. The molecule has 1 aliphatic rings. The molecule has 0 bridgehead atoms. The Kier molecular flexibility index (Phi) is 4.18. The molecule has 0 unspecified atom stereocenters. The lowest BCUT2D eigenvalue weighted by Crippen LogP contribution is -2.51. The third-order valence-corrected chi connectivity index (χ3v) is 3.50. The number of anilines is 2. The number of benzene rings is 1. The fourth-order valence-electron chi connectivity index (χ4n) is 2.37. The molecule has 0 radical (unpaired) electrons. The molecule has 2 amide bonds. The average Bonchev–Trinajstić information content (AvgIpc) is 2.44. The highest BCUT2D eigenvalue weighted by Gasteiger charge is 2.34. The number of aromatic carboxylic acids is 1. The summed E-state index contributed by atoms with van der Waals surface area (Å²) in [6, 6.07) is 4.26. The third kappa shape index (κ3) is 2.71. The second-order valence-electron chi connectivity index (χ2n) is 4.98. The number of hydrogen-bond donors (Lipinski definition) is 1. The number of carboxylic acids is 1. The van der Waals surface area contributed by atoms with E-state index in [1.54, 1.807) is 11.0 Å². The molecule has 21 heavy (non-hydrogen) atoms. The molecule has 0 atom stereocenters. The van der Waals surface area contributed by atoms with E-state index in [1.807, 2.05) is 13.8 Å². The van der Waals surface area contributed by atoms with Crippen LogP contribution in [0.1, 0.15) is 24.2 Å². The molecule has 1 aromatic rings. The molecule has 6 nitrogen and oxygen atoms in total. The Balaban J connectivity index is 2.61. The predicted octanol–water partition coefficient (Wildman–Crippen LogP) is 1.71. The zero-order valence-corrected chi connectivity index (χ0v) is 12.4. The average molecular weight is 311 g/mol. The topological polar surface area (TPSA) is 77.9 Å². The largest absolute Gasteiger partial charge is 0.478 e. The van der Waals surface area contributed by atoms with Crippen molar-refractivity contribution in [2.24, 2.45) is 0 Å². The lowest BCUT2D eigenvalue weighted by molar-refractivity contribution is -0.122. The van der Waals surface area contributed by atoms with Crippen molar-refractivity contribution in [1.82, 2.24) is 0 Å². The van der Waals surface area contributed by atoms with E-state index in [9.17, 15) is 14.4 Å². The number of fused-ring (bicyclic) bond motifs is 1. The minimum atomic E-state index is -1.09. The summed E-state index contributed by atoms with van der Waals surface area (Å²) >= 11 is 5.57. The molecule has 1 aromatic carbocycles. The van der Waals surface area contributed by atoms with Crippen LogP contribution in [0.2, 0.25) is 0 Å². The van der Waals surface area contributed by atoms with E-state index in [0.29, 0.717) is 11.4 Å². The number of carbonyl (C=O) groups is 3. The van der Waals surface area contributed by atoms with Gasteiger partial charge in [0.05, 0.1) is 16.9 Å². The molecule has 1 N–H and O–H groups in total. The maximum absolute atomic E-state index is 12.2. The van der Waals surface area contributed by atoms with E-state index in [-0.39, 0.29) is 29.9 Å². The van der Waals surface area contributed by atoms with E-state index in [1.165, 1.54) is 17.0 Å². The van der Waals surface area contributed by atoms with Crippen molar-refractivity contribution in [2.75, 3.05) is 22.2 Å². The molecule has 0 aliphatic carbocycles. The van der Waals surface area contributed by atoms with Gasteiger partial charge in [0.2, 0.25) is 11.8 Å². The molecule has 0 fully saturated rings. The summed E-state index contributed by atoms with van der Waals surface area (Å²) in [4.78, 5) is 38.0. The summed E-state index contributed by atoms with van der Waals surface area (Å²) in [6.45, 7) is 3.57. The summed E-state index contributed by atoms with van der Waals surface area (Å²) in [5, 5.41) is 9.09. The van der Waals surface area contributed by atoms with Crippen LogP contribution in [0.15, 0.2) is 18.2 Å². The van der Waals surface area contributed by atoms with Crippen molar-refractivity contribution in [3.05, 3.63) is 23.8 Å². The van der Waals surface area contributed by atoms with Crippen molar-refractivity contribution in [3.63, 3.8) is 0 Å². The van der Waals surface area contributed by atoms with Gasteiger partial charge >= 0.3 is 5.97 Å². The molecular formula is C14H15ClN2O4. The summed E-state index contributed by atoms with van der Waals surface area (Å²) in [5.41, 5.74) is 0.970. The number of amides is 2. The smallest absolute Gasteiger partial charge is 0.335 e. The Morgan fingerprint density at radius 2 is 2.00 bits per heavy atom. The number of alkyl halides is 1. The highest BCUT2D eigenvalue weighted by Crippen LogP contribution is 2.36. The molecule has 112 valence electrons. The van der Waals surface area contributed by atoms with Crippen LogP contribution in [-0.2, 0) is 9.59 Å². The Morgan fingerprint density at radius 3 is 2.52 bits per heavy atom. The van der Waals surface area contributed by atoms with Gasteiger partial charge in [-0.2, -0.15) is 0 Å². The van der Waals surface area contributed by atoms with E-state index in [0.717, 1.165) is 0 Å².